The van der Waals surface area contributed by atoms with Gasteiger partial charge in [-0.05, 0) is 29.6 Å². The highest BCUT2D eigenvalue weighted by Crippen LogP contribution is 2.25. The van der Waals surface area contributed by atoms with Crippen LogP contribution in [0.25, 0.3) is 0 Å². The largest absolute Gasteiger partial charge is 0.379 e. The minimum atomic E-state index is -0.764. The summed E-state index contributed by atoms with van der Waals surface area (Å²) in [5, 5.41) is 7.99. The van der Waals surface area contributed by atoms with Crippen LogP contribution in [0.2, 0.25) is 10.0 Å². The van der Waals surface area contributed by atoms with Crippen molar-refractivity contribution in [3.8, 4) is 0 Å². The van der Waals surface area contributed by atoms with Crippen molar-refractivity contribution in [1.82, 2.24) is 10.2 Å². The van der Waals surface area contributed by atoms with Crippen molar-refractivity contribution in [2.75, 3.05) is 38.2 Å². The van der Waals surface area contributed by atoms with E-state index in [1.54, 1.807) is 17.4 Å². The van der Waals surface area contributed by atoms with Crippen LogP contribution in [0.1, 0.15) is 10.9 Å². The Bertz CT molecular complexity index is 775. The normalized spacial score (nSPS) is 15.9. The molecule has 0 bridgehead atoms. The van der Waals surface area contributed by atoms with Gasteiger partial charge in [0.2, 0.25) is 0 Å². The summed E-state index contributed by atoms with van der Waals surface area (Å²) >= 11 is 13.4. The molecule has 0 spiro atoms. The smallest absolute Gasteiger partial charge is 0.313 e. The molecular weight excluding hydrogens is 409 g/mol. The molecule has 1 saturated heterocycles. The molecule has 2 N–H and O–H groups in total. The maximum absolute atomic E-state index is 12.2. The summed E-state index contributed by atoms with van der Waals surface area (Å²) in [6.07, 6.45) is 0. The predicted molar refractivity (Wildman–Crippen MR) is 108 cm³/mol. The first-order chi connectivity index (χ1) is 13.0. The molecule has 1 aliphatic rings. The van der Waals surface area contributed by atoms with Gasteiger partial charge in [0.1, 0.15) is 0 Å². The van der Waals surface area contributed by atoms with Gasteiger partial charge in [-0.15, -0.1) is 11.3 Å². The quantitative estimate of drug-likeness (QED) is 0.718. The molecule has 6 nitrogen and oxygen atoms in total. The molecular formula is C18H19Cl2N3O3S. The van der Waals surface area contributed by atoms with Crippen molar-refractivity contribution in [2.24, 2.45) is 0 Å². The number of amides is 2. The number of halogens is 2. The Morgan fingerprint density at radius 3 is 2.48 bits per heavy atom. The van der Waals surface area contributed by atoms with Crippen LogP contribution in [0.15, 0.2) is 35.7 Å². The van der Waals surface area contributed by atoms with Crippen LogP contribution in [0, 0.1) is 0 Å². The number of ether oxygens (including phenoxy) is 1. The van der Waals surface area contributed by atoms with E-state index in [0.29, 0.717) is 35.5 Å². The number of nitrogens with zero attached hydrogens (tertiary/aromatic N) is 1. The number of hydrogen-bond donors (Lipinski definition) is 2. The molecule has 1 aliphatic heterocycles. The first-order valence-corrected chi connectivity index (χ1v) is 10.1. The zero-order chi connectivity index (χ0) is 19.2. The van der Waals surface area contributed by atoms with Gasteiger partial charge in [0.05, 0.1) is 19.3 Å². The van der Waals surface area contributed by atoms with Gasteiger partial charge in [-0.25, -0.2) is 0 Å². The lowest BCUT2D eigenvalue weighted by Crippen LogP contribution is -2.45. The molecule has 27 heavy (non-hydrogen) atoms. The van der Waals surface area contributed by atoms with Crippen molar-refractivity contribution < 1.29 is 14.3 Å². The van der Waals surface area contributed by atoms with Gasteiger partial charge < -0.3 is 15.4 Å². The van der Waals surface area contributed by atoms with Crippen LogP contribution >= 0.6 is 34.5 Å². The van der Waals surface area contributed by atoms with Crippen LogP contribution < -0.4 is 10.6 Å². The number of carbonyl (C=O) groups is 2. The Morgan fingerprint density at radius 1 is 1.15 bits per heavy atom. The van der Waals surface area contributed by atoms with Gasteiger partial charge >= 0.3 is 11.8 Å². The SMILES string of the molecule is O=C(NC[C@@H](c1cccs1)N1CCOCC1)C(=O)Nc1cc(Cl)cc(Cl)c1. The van der Waals surface area contributed by atoms with E-state index >= 15 is 0 Å². The van der Waals surface area contributed by atoms with Crippen molar-refractivity contribution in [2.45, 2.75) is 6.04 Å². The van der Waals surface area contributed by atoms with Crippen molar-refractivity contribution in [3.05, 3.63) is 50.6 Å². The molecule has 144 valence electrons. The van der Waals surface area contributed by atoms with Crippen LogP contribution in [-0.2, 0) is 14.3 Å². The monoisotopic (exact) mass is 427 g/mol. The Balaban J connectivity index is 1.60. The number of thiophene rings is 1. The molecule has 0 saturated carbocycles. The lowest BCUT2D eigenvalue weighted by Gasteiger charge is -2.34. The van der Waals surface area contributed by atoms with Crippen LogP contribution in [-0.4, -0.2) is 49.6 Å². The van der Waals surface area contributed by atoms with E-state index in [0.717, 1.165) is 18.0 Å². The van der Waals surface area contributed by atoms with Crippen molar-refractivity contribution in [3.63, 3.8) is 0 Å². The second-order valence-corrected chi connectivity index (χ2v) is 7.85. The summed E-state index contributed by atoms with van der Waals surface area (Å²) in [5.74, 6) is -1.47. The number of carbonyl (C=O) groups excluding carboxylic acids is 2. The minimum absolute atomic E-state index is 0.00580. The molecule has 2 aromatic rings. The summed E-state index contributed by atoms with van der Waals surface area (Å²) in [5.41, 5.74) is 0.371. The molecule has 1 aromatic heterocycles. The minimum Gasteiger partial charge on any atom is -0.379 e. The highest BCUT2D eigenvalue weighted by molar-refractivity contribution is 7.10. The van der Waals surface area contributed by atoms with E-state index in [-0.39, 0.29) is 6.04 Å². The van der Waals surface area contributed by atoms with E-state index in [9.17, 15) is 9.59 Å². The molecule has 0 aliphatic carbocycles. The van der Waals surface area contributed by atoms with Gasteiger partial charge in [0.15, 0.2) is 0 Å². The fraction of sp³-hybridized carbons (Fsp3) is 0.333. The predicted octanol–water partition coefficient (Wildman–Crippen LogP) is 3.18. The fourth-order valence-corrected chi connectivity index (χ4v) is 4.25. The molecule has 3 rings (SSSR count). The van der Waals surface area contributed by atoms with Gasteiger partial charge in [-0.2, -0.15) is 0 Å². The zero-order valence-corrected chi connectivity index (χ0v) is 16.7. The molecule has 2 amide bonds. The van der Waals surface area contributed by atoms with Gasteiger partial charge in [-0.3, -0.25) is 14.5 Å². The highest BCUT2D eigenvalue weighted by Gasteiger charge is 2.25. The summed E-state index contributed by atoms with van der Waals surface area (Å²) in [6, 6.07) is 8.62. The lowest BCUT2D eigenvalue weighted by molar-refractivity contribution is -0.136. The molecule has 1 fully saturated rings. The van der Waals surface area contributed by atoms with Crippen molar-refractivity contribution >= 4 is 52.0 Å². The Kier molecular flexibility index (Phi) is 7.09. The van der Waals surface area contributed by atoms with E-state index in [1.165, 1.54) is 12.1 Å². The number of hydrogen-bond acceptors (Lipinski definition) is 5. The number of benzene rings is 1. The number of anilines is 1. The first kappa shape index (κ1) is 20.1. The second-order valence-electron chi connectivity index (χ2n) is 6.00. The molecule has 1 aromatic carbocycles. The summed E-state index contributed by atoms with van der Waals surface area (Å²) in [4.78, 5) is 27.8. The van der Waals surface area contributed by atoms with Gasteiger partial charge in [0.25, 0.3) is 0 Å². The summed E-state index contributed by atoms with van der Waals surface area (Å²) < 4.78 is 5.41. The third kappa shape index (κ3) is 5.67. The lowest BCUT2D eigenvalue weighted by atomic mass is 10.2. The van der Waals surface area contributed by atoms with Crippen LogP contribution in [0.4, 0.5) is 5.69 Å². The number of nitrogens with one attached hydrogen (secondary N) is 2. The molecule has 0 unspecified atom stereocenters. The Hall–Kier alpha value is -1.64. The Labute approximate surface area is 171 Å². The first-order valence-electron chi connectivity index (χ1n) is 8.43. The molecule has 0 radical (unpaired) electrons. The van der Waals surface area contributed by atoms with E-state index in [1.807, 2.05) is 17.5 Å². The van der Waals surface area contributed by atoms with E-state index in [2.05, 4.69) is 15.5 Å². The highest BCUT2D eigenvalue weighted by atomic mass is 35.5. The second kappa shape index (κ2) is 9.52. The summed E-state index contributed by atoms with van der Waals surface area (Å²) in [6.45, 7) is 3.22. The standard InChI is InChI=1S/C18H19Cl2N3O3S/c19-12-8-13(20)10-14(9-12)22-18(25)17(24)21-11-15(16-2-1-7-27-16)23-3-5-26-6-4-23/h1-2,7-10,15H,3-6,11H2,(H,21,24)(H,22,25)/t15-/m0/s1. The zero-order valence-electron chi connectivity index (χ0n) is 14.4. The van der Waals surface area contributed by atoms with Crippen LogP contribution in [0.3, 0.4) is 0 Å². The van der Waals surface area contributed by atoms with E-state index < -0.39 is 11.8 Å². The maximum Gasteiger partial charge on any atom is 0.313 e. The maximum atomic E-state index is 12.2. The van der Waals surface area contributed by atoms with Crippen LogP contribution in [0.5, 0.6) is 0 Å². The topological polar surface area (TPSA) is 70.7 Å². The third-order valence-corrected chi connectivity index (χ3v) is 5.55. The Morgan fingerprint density at radius 2 is 1.85 bits per heavy atom. The number of morpholine rings is 1. The molecule has 2 heterocycles. The molecule has 9 heteroatoms. The summed E-state index contributed by atoms with van der Waals surface area (Å²) in [7, 11) is 0. The average molecular weight is 428 g/mol. The van der Waals surface area contributed by atoms with Gasteiger partial charge in [0, 0.05) is 40.2 Å². The van der Waals surface area contributed by atoms with E-state index in [4.69, 9.17) is 27.9 Å². The fourth-order valence-electron chi connectivity index (χ4n) is 2.86. The van der Waals surface area contributed by atoms with Crippen molar-refractivity contribution in [1.29, 1.82) is 0 Å². The molecule has 1 atom stereocenters. The average Bonchev–Trinajstić information content (AvgIpc) is 3.16. The van der Waals surface area contributed by atoms with Gasteiger partial charge in [-0.1, -0.05) is 29.3 Å². The third-order valence-electron chi connectivity index (χ3n) is 4.14. The number of rotatable bonds is 5.